The fraction of sp³-hybridized carbons (Fsp3) is 0.600. The Kier molecular flexibility index (Phi) is 9.27. The highest BCUT2D eigenvalue weighted by molar-refractivity contribution is 8.00. The maximum absolute atomic E-state index is 13.2. The Morgan fingerprint density at radius 2 is 1.96 bits per heavy atom. The van der Waals surface area contributed by atoms with Crippen LogP contribution in [0.2, 0.25) is 10.0 Å². The topological polar surface area (TPSA) is 49.4 Å². The van der Waals surface area contributed by atoms with E-state index in [0.717, 1.165) is 32.1 Å². The fourth-order valence-electron chi connectivity index (χ4n) is 3.19. The molecule has 0 spiro atoms. The quantitative estimate of drug-likeness (QED) is 0.535. The SMILES string of the molecule is CCCCCCNC(=O)C1CSC(CCC)N1C(=O)c1ccc(Cl)cc1Cl. The molecule has 150 valence electrons. The van der Waals surface area contributed by atoms with Gasteiger partial charge in [-0.1, -0.05) is 62.7 Å². The predicted octanol–water partition coefficient (Wildman–Crippen LogP) is 5.37. The van der Waals surface area contributed by atoms with Crippen molar-refractivity contribution in [1.82, 2.24) is 10.2 Å². The number of hydrogen-bond acceptors (Lipinski definition) is 3. The van der Waals surface area contributed by atoms with Gasteiger partial charge in [0, 0.05) is 17.3 Å². The second kappa shape index (κ2) is 11.2. The third-order valence-corrected chi connectivity index (χ3v) is 6.56. The molecule has 0 aliphatic carbocycles. The zero-order valence-electron chi connectivity index (χ0n) is 16.0. The largest absolute Gasteiger partial charge is 0.354 e. The van der Waals surface area contributed by atoms with Crippen molar-refractivity contribution in [3.63, 3.8) is 0 Å². The summed E-state index contributed by atoms with van der Waals surface area (Å²) < 4.78 is 0. The van der Waals surface area contributed by atoms with Crippen LogP contribution in [0.4, 0.5) is 0 Å². The van der Waals surface area contributed by atoms with Crippen molar-refractivity contribution in [3.05, 3.63) is 33.8 Å². The Morgan fingerprint density at radius 3 is 2.63 bits per heavy atom. The standard InChI is InChI=1S/C20H28Cl2N2O2S/c1-3-5-6-7-11-23-19(25)17-13-27-18(8-4-2)24(17)20(26)15-10-9-14(21)12-16(15)22/h9-10,12,17-18H,3-8,11,13H2,1-2H3,(H,23,25). The second-order valence-corrected chi connectivity index (χ2v) is 8.84. The lowest BCUT2D eigenvalue weighted by Crippen LogP contribution is -2.50. The number of unbranched alkanes of at least 4 members (excludes halogenated alkanes) is 3. The Morgan fingerprint density at radius 1 is 1.19 bits per heavy atom. The third-order valence-electron chi connectivity index (χ3n) is 4.66. The van der Waals surface area contributed by atoms with Crippen molar-refractivity contribution >= 4 is 46.8 Å². The molecule has 1 saturated heterocycles. The van der Waals surface area contributed by atoms with Gasteiger partial charge in [0.15, 0.2) is 0 Å². The predicted molar refractivity (Wildman–Crippen MR) is 115 cm³/mol. The molecule has 1 aliphatic rings. The lowest BCUT2D eigenvalue weighted by Gasteiger charge is -2.29. The van der Waals surface area contributed by atoms with E-state index in [1.54, 1.807) is 34.9 Å². The molecule has 0 bridgehead atoms. The lowest BCUT2D eigenvalue weighted by atomic mass is 10.1. The minimum atomic E-state index is -0.461. The number of hydrogen-bond donors (Lipinski definition) is 1. The highest BCUT2D eigenvalue weighted by Gasteiger charge is 2.41. The van der Waals surface area contributed by atoms with E-state index in [0.29, 0.717) is 27.9 Å². The van der Waals surface area contributed by atoms with Crippen LogP contribution in [0.5, 0.6) is 0 Å². The number of carbonyl (C=O) groups excluding carboxylic acids is 2. The first-order chi connectivity index (χ1) is 13.0. The summed E-state index contributed by atoms with van der Waals surface area (Å²) in [5, 5.41) is 3.80. The number of amides is 2. The van der Waals surface area contributed by atoms with E-state index in [1.165, 1.54) is 6.42 Å². The van der Waals surface area contributed by atoms with Crippen molar-refractivity contribution in [1.29, 1.82) is 0 Å². The van der Waals surface area contributed by atoms with Crippen LogP contribution in [0, 0.1) is 0 Å². The van der Waals surface area contributed by atoms with Gasteiger partial charge in [0.2, 0.25) is 5.91 Å². The van der Waals surface area contributed by atoms with Crippen LogP contribution in [-0.4, -0.2) is 40.4 Å². The maximum atomic E-state index is 13.2. The summed E-state index contributed by atoms with van der Waals surface area (Å²) >= 11 is 13.9. The molecule has 1 aromatic rings. The van der Waals surface area contributed by atoms with E-state index in [-0.39, 0.29) is 17.2 Å². The molecule has 0 aromatic heterocycles. The van der Waals surface area contributed by atoms with Gasteiger partial charge in [0.25, 0.3) is 5.91 Å². The first kappa shape index (κ1) is 22.4. The van der Waals surface area contributed by atoms with Gasteiger partial charge in [-0.25, -0.2) is 0 Å². The van der Waals surface area contributed by atoms with Crippen LogP contribution in [-0.2, 0) is 4.79 Å². The highest BCUT2D eigenvalue weighted by atomic mass is 35.5. The maximum Gasteiger partial charge on any atom is 0.256 e. The first-order valence-electron chi connectivity index (χ1n) is 9.66. The molecule has 4 nitrogen and oxygen atoms in total. The van der Waals surface area contributed by atoms with Crippen LogP contribution in [0.1, 0.15) is 62.7 Å². The molecule has 1 fully saturated rings. The molecule has 2 rings (SSSR count). The number of nitrogens with zero attached hydrogens (tertiary/aromatic N) is 1. The van der Waals surface area contributed by atoms with E-state index >= 15 is 0 Å². The Bertz CT molecular complexity index is 657. The van der Waals surface area contributed by atoms with Gasteiger partial charge in [-0.3, -0.25) is 9.59 Å². The van der Waals surface area contributed by atoms with Crippen LogP contribution in [0.25, 0.3) is 0 Å². The Labute approximate surface area is 176 Å². The molecule has 7 heteroatoms. The van der Waals surface area contributed by atoms with Crippen LogP contribution in [0.3, 0.4) is 0 Å². The molecule has 27 heavy (non-hydrogen) atoms. The van der Waals surface area contributed by atoms with Crippen molar-refractivity contribution in [2.24, 2.45) is 0 Å². The van der Waals surface area contributed by atoms with E-state index in [1.807, 2.05) is 0 Å². The Balaban J connectivity index is 2.11. The van der Waals surface area contributed by atoms with Gasteiger partial charge in [-0.15, -0.1) is 11.8 Å². The van der Waals surface area contributed by atoms with Gasteiger partial charge in [-0.05, 0) is 31.0 Å². The molecular formula is C20H28Cl2N2O2S. The van der Waals surface area contributed by atoms with Crippen molar-refractivity contribution in [3.8, 4) is 0 Å². The van der Waals surface area contributed by atoms with Crippen molar-refractivity contribution in [2.75, 3.05) is 12.3 Å². The second-order valence-electron chi connectivity index (χ2n) is 6.78. The lowest BCUT2D eigenvalue weighted by molar-refractivity contribution is -0.124. The number of rotatable bonds is 9. The molecule has 0 saturated carbocycles. The summed E-state index contributed by atoms with van der Waals surface area (Å²) in [6, 6.07) is 4.40. The number of thioether (sulfide) groups is 1. The van der Waals surface area contributed by atoms with E-state index in [4.69, 9.17) is 23.2 Å². The highest BCUT2D eigenvalue weighted by Crippen LogP contribution is 2.35. The van der Waals surface area contributed by atoms with Gasteiger partial charge >= 0.3 is 0 Å². The normalized spacial score (nSPS) is 19.3. The van der Waals surface area contributed by atoms with E-state index < -0.39 is 6.04 Å². The molecular weight excluding hydrogens is 403 g/mol. The van der Waals surface area contributed by atoms with Crippen molar-refractivity contribution < 1.29 is 9.59 Å². The van der Waals surface area contributed by atoms with Crippen LogP contribution >= 0.6 is 35.0 Å². The number of nitrogens with one attached hydrogen (secondary N) is 1. The number of benzene rings is 1. The summed E-state index contributed by atoms with van der Waals surface area (Å²) in [5.41, 5.74) is 0.394. The average molecular weight is 431 g/mol. The minimum absolute atomic E-state index is 0.00918. The summed E-state index contributed by atoms with van der Waals surface area (Å²) in [6.45, 7) is 4.90. The van der Waals surface area contributed by atoms with Gasteiger partial charge in [0.1, 0.15) is 6.04 Å². The molecule has 1 N–H and O–H groups in total. The average Bonchev–Trinajstić information content (AvgIpc) is 3.05. The monoisotopic (exact) mass is 430 g/mol. The molecule has 2 amide bonds. The number of carbonyl (C=O) groups is 2. The Hall–Kier alpha value is -0.910. The van der Waals surface area contributed by atoms with Gasteiger partial charge < -0.3 is 10.2 Å². The molecule has 1 aliphatic heterocycles. The molecule has 2 atom stereocenters. The summed E-state index contributed by atoms with van der Waals surface area (Å²) in [6.07, 6.45) is 6.21. The van der Waals surface area contributed by atoms with Gasteiger partial charge in [-0.2, -0.15) is 0 Å². The third kappa shape index (κ3) is 6.03. The number of halogens is 2. The van der Waals surface area contributed by atoms with E-state index in [2.05, 4.69) is 19.2 Å². The zero-order valence-corrected chi connectivity index (χ0v) is 18.3. The minimum Gasteiger partial charge on any atom is -0.354 e. The fourth-order valence-corrected chi connectivity index (χ4v) is 5.20. The van der Waals surface area contributed by atoms with Crippen LogP contribution in [0.15, 0.2) is 18.2 Å². The zero-order chi connectivity index (χ0) is 19.8. The van der Waals surface area contributed by atoms with Crippen LogP contribution < -0.4 is 5.32 Å². The smallest absolute Gasteiger partial charge is 0.256 e. The summed E-state index contributed by atoms with van der Waals surface area (Å²) in [5.74, 6) is 0.338. The molecule has 0 radical (unpaired) electrons. The van der Waals surface area contributed by atoms with Gasteiger partial charge in [0.05, 0.1) is 16.0 Å². The summed E-state index contributed by atoms with van der Waals surface area (Å²) in [4.78, 5) is 27.7. The van der Waals surface area contributed by atoms with E-state index in [9.17, 15) is 9.59 Å². The molecule has 1 heterocycles. The summed E-state index contributed by atoms with van der Waals surface area (Å²) in [7, 11) is 0. The molecule has 1 aromatic carbocycles. The molecule has 2 unspecified atom stereocenters. The van der Waals surface area contributed by atoms with Crippen molar-refractivity contribution in [2.45, 2.75) is 63.8 Å². The first-order valence-corrected chi connectivity index (χ1v) is 11.5.